The molecule has 0 bridgehead atoms. The Hall–Kier alpha value is -2.42. The number of morpholine rings is 1. The SMILES string of the molecule is Cc1cccc(NS(=O)(=O)c2cc(C(=O)NCCN3CCOCC3)ccc2C)c1. The minimum Gasteiger partial charge on any atom is -0.379 e. The molecule has 1 heterocycles. The fraction of sp³-hybridized carbons (Fsp3) is 0.381. The lowest BCUT2D eigenvalue weighted by Gasteiger charge is -2.26. The summed E-state index contributed by atoms with van der Waals surface area (Å²) in [5.74, 6) is -0.287. The van der Waals surface area contributed by atoms with Crippen molar-refractivity contribution in [2.45, 2.75) is 18.7 Å². The Morgan fingerprint density at radius 2 is 1.86 bits per heavy atom. The molecule has 156 valence electrons. The zero-order valence-corrected chi connectivity index (χ0v) is 17.6. The molecule has 3 rings (SSSR count). The van der Waals surface area contributed by atoms with Crippen molar-refractivity contribution in [2.24, 2.45) is 0 Å². The number of anilines is 1. The van der Waals surface area contributed by atoms with E-state index in [0.29, 0.717) is 36.6 Å². The summed E-state index contributed by atoms with van der Waals surface area (Å²) in [6.45, 7) is 7.97. The molecule has 0 spiro atoms. The van der Waals surface area contributed by atoms with Crippen LogP contribution < -0.4 is 10.0 Å². The number of carbonyl (C=O) groups excluding carboxylic acids is 1. The zero-order valence-electron chi connectivity index (χ0n) is 16.8. The Labute approximate surface area is 172 Å². The van der Waals surface area contributed by atoms with Crippen LogP contribution in [0.2, 0.25) is 0 Å². The van der Waals surface area contributed by atoms with Gasteiger partial charge >= 0.3 is 0 Å². The van der Waals surface area contributed by atoms with Gasteiger partial charge in [-0.3, -0.25) is 14.4 Å². The second-order valence-electron chi connectivity index (χ2n) is 7.17. The quantitative estimate of drug-likeness (QED) is 0.721. The van der Waals surface area contributed by atoms with E-state index in [2.05, 4.69) is 14.9 Å². The number of hydrogen-bond donors (Lipinski definition) is 2. The molecular formula is C21H27N3O4S. The van der Waals surface area contributed by atoms with Crippen LogP contribution in [0.3, 0.4) is 0 Å². The molecule has 0 aliphatic carbocycles. The van der Waals surface area contributed by atoms with Crippen molar-refractivity contribution < 1.29 is 17.9 Å². The van der Waals surface area contributed by atoms with E-state index in [-0.39, 0.29) is 10.8 Å². The highest BCUT2D eigenvalue weighted by Crippen LogP contribution is 2.21. The Morgan fingerprint density at radius 3 is 2.59 bits per heavy atom. The number of amides is 1. The lowest BCUT2D eigenvalue weighted by Crippen LogP contribution is -2.41. The molecule has 2 aromatic rings. The Balaban J connectivity index is 1.68. The fourth-order valence-electron chi connectivity index (χ4n) is 3.20. The summed E-state index contributed by atoms with van der Waals surface area (Å²) in [5, 5.41) is 2.86. The number of nitrogens with zero attached hydrogens (tertiary/aromatic N) is 1. The van der Waals surface area contributed by atoms with Gasteiger partial charge in [-0.05, 0) is 49.2 Å². The van der Waals surface area contributed by atoms with Gasteiger partial charge in [-0.25, -0.2) is 8.42 Å². The maximum absolute atomic E-state index is 12.9. The van der Waals surface area contributed by atoms with Crippen LogP contribution in [0.5, 0.6) is 0 Å². The molecule has 0 aromatic heterocycles. The summed E-state index contributed by atoms with van der Waals surface area (Å²) in [4.78, 5) is 14.8. The van der Waals surface area contributed by atoms with Crippen LogP contribution in [0.4, 0.5) is 5.69 Å². The van der Waals surface area contributed by atoms with Gasteiger partial charge in [0.2, 0.25) is 0 Å². The molecule has 1 aliphatic heterocycles. The highest BCUT2D eigenvalue weighted by molar-refractivity contribution is 7.92. The van der Waals surface area contributed by atoms with E-state index < -0.39 is 10.0 Å². The molecule has 8 heteroatoms. The summed E-state index contributed by atoms with van der Waals surface area (Å²) >= 11 is 0. The molecule has 0 saturated carbocycles. The van der Waals surface area contributed by atoms with Crippen LogP contribution in [0, 0.1) is 13.8 Å². The van der Waals surface area contributed by atoms with Gasteiger partial charge in [0.1, 0.15) is 0 Å². The van der Waals surface area contributed by atoms with Crippen LogP contribution in [-0.2, 0) is 14.8 Å². The van der Waals surface area contributed by atoms with E-state index in [1.54, 1.807) is 37.3 Å². The predicted molar refractivity (Wildman–Crippen MR) is 113 cm³/mol. The Bertz CT molecular complexity index is 970. The molecular weight excluding hydrogens is 390 g/mol. The van der Waals surface area contributed by atoms with E-state index in [4.69, 9.17) is 4.74 Å². The topological polar surface area (TPSA) is 87.7 Å². The summed E-state index contributed by atoms with van der Waals surface area (Å²) in [6.07, 6.45) is 0. The van der Waals surface area contributed by atoms with Crippen LogP contribution in [0.15, 0.2) is 47.4 Å². The maximum atomic E-state index is 12.9. The standard InChI is InChI=1S/C21H27N3O4S/c1-16-4-3-5-19(14-16)23-29(26,27)20-15-18(7-6-17(20)2)21(25)22-8-9-24-10-12-28-13-11-24/h3-7,14-15,23H,8-13H2,1-2H3,(H,22,25). The summed E-state index contributed by atoms with van der Waals surface area (Å²) in [7, 11) is -3.81. The van der Waals surface area contributed by atoms with E-state index in [1.165, 1.54) is 6.07 Å². The van der Waals surface area contributed by atoms with Crippen LogP contribution >= 0.6 is 0 Å². The summed E-state index contributed by atoms with van der Waals surface area (Å²) in [6, 6.07) is 11.9. The number of ether oxygens (including phenoxy) is 1. The van der Waals surface area contributed by atoms with Crippen molar-refractivity contribution in [1.29, 1.82) is 0 Å². The number of benzene rings is 2. The predicted octanol–water partition coefficient (Wildman–Crippen LogP) is 2.17. The second kappa shape index (κ2) is 9.39. The van der Waals surface area contributed by atoms with Crippen molar-refractivity contribution in [1.82, 2.24) is 10.2 Å². The summed E-state index contributed by atoms with van der Waals surface area (Å²) < 4.78 is 33.6. The molecule has 7 nitrogen and oxygen atoms in total. The first-order valence-corrected chi connectivity index (χ1v) is 11.1. The number of aryl methyl sites for hydroxylation is 2. The first-order valence-electron chi connectivity index (χ1n) is 9.63. The summed E-state index contributed by atoms with van der Waals surface area (Å²) in [5.41, 5.74) is 2.34. The monoisotopic (exact) mass is 417 g/mol. The number of carbonyl (C=O) groups is 1. The van der Waals surface area contributed by atoms with E-state index in [1.807, 2.05) is 13.0 Å². The van der Waals surface area contributed by atoms with Gasteiger partial charge in [0.15, 0.2) is 0 Å². The Morgan fingerprint density at radius 1 is 1.10 bits per heavy atom. The molecule has 29 heavy (non-hydrogen) atoms. The number of nitrogens with one attached hydrogen (secondary N) is 2. The third-order valence-corrected chi connectivity index (χ3v) is 6.35. The third kappa shape index (κ3) is 5.79. The maximum Gasteiger partial charge on any atom is 0.262 e. The first kappa shape index (κ1) is 21.3. The second-order valence-corrected chi connectivity index (χ2v) is 8.82. The van der Waals surface area contributed by atoms with Gasteiger partial charge < -0.3 is 10.1 Å². The van der Waals surface area contributed by atoms with Gasteiger partial charge in [-0.2, -0.15) is 0 Å². The molecule has 1 amide bonds. The van der Waals surface area contributed by atoms with Gasteiger partial charge in [0.05, 0.1) is 18.1 Å². The first-order chi connectivity index (χ1) is 13.8. The molecule has 0 radical (unpaired) electrons. The molecule has 0 atom stereocenters. The lowest BCUT2D eigenvalue weighted by molar-refractivity contribution is 0.0383. The van der Waals surface area contributed by atoms with Crippen LogP contribution in [-0.4, -0.2) is 58.6 Å². The molecule has 1 aliphatic rings. The molecule has 0 unspecified atom stereocenters. The normalized spacial score (nSPS) is 15.1. The number of hydrogen-bond acceptors (Lipinski definition) is 5. The van der Waals surface area contributed by atoms with Gasteiger partial charge in [0, 0.05) is 37.4 Å². The Kier molecular flexibility index (Phi) is 6.89. The van der Waals surface area contributed by atoms with Gasteiger partial charge in [-0.15, -0.1) is 0 Å². The van der Waals surface area contributed by atoms with Crippen molar-refractivity contribution in [2.75, 3.05) is 44.1 Å². The lowest BCUT2D eigenvalue weighted by atomic mass is 10.1. The molecule has 2 N–H and O–H groups in total. The fourth-order valence-corrected chi connectivity index (χ4v) is 4.53. The largest absolute Gasteiger partial charge is 0.379 e. The van der Waals surface area contributed by atoms with Crippen molar-refractivity contribution in [3.05, 3.63) is 59.2 Å². The van der Waals surface area contributed by atoms with Gasteiger partial charge in [-0.1, -0.05) is 18.2 Å². The van der Waals surface area contributed by atoms with E-state index in [9.17, 15) is 13.2 Å². The molecule has 1 fully saturated rings. The third-order valence-electron chi connectivity index (χ3n) is 4.83. The molecule has 2 aromatic carbocycles. The average molecular weight is 418 g/mol. The van der Waals surface area contributed by atoms with Crippen molar-refractivity contribution >= 4 is 21.6 Å². The molecule has 1 saturated heterocycles. The minimum atomic E-state index is -3.81. The highest BCUT2D eigenvalue weighted by Gasteiger charge is 2.19. The van der Waals surface area contributed by atoms with Gasteiger partial charge in [0.25, 0.3) is 15.9 Å². The van der Waals surface area contributed by atoms with E-state index >= 15 is 0 Å². The zero-order chi connectivity index (χ0) is 20.9. The number of rotatable bonds is 7. The smallest absolute Gasteiger partial charge is 0.262 e. The van der Waals surface area contributed by atoms with E-state index in [0.717, 1.165) is 25.2 Å². The van der Waals surface area contributed by atoms with Crippen LogP contribution in [0.25, 0.3) is 0 Å². The van der Waals surface area contributed by atoms with Crippen LogP contribution in [0.1, 0.15) is 21.5 Å². The minimum absolute atomic E-state index is 0.0971. The average Bonchev–Trinajstić information content (AvgIpc) is 2.68. The highest BCUT2D eigenvalue weighted by atomic mass is 32.2. The van der Waals surface area contributed by atoms with Crippen molar-refractivity contribution in [3.63, 3.8) is 0 Å². The van der Waals surface area contributed by atoms with Crippen molar-refractivity contribution in [3.8, 4) is 0 Å². The number of sulfonamides is 1.